The van der Waals surface area contributed by atoms with E-state index >= 15 is 0 Å². The second kappa shape index (κ2) is 9.62. The average Bonchev–Trinajstić information content (AvgIpc) is 2.75. The van der Waals surface area contributed by atoms with Crippen LogP contribution in [0, 0.1) is 0 Å². The Labute approximate surface area is 193 Å². The first kappa shape index (κ1) is 24.2. The molecule has 2 aromatic rings. The standard InChI is InChI=1S/C23H27N3O6S/c1-23(2,3)25-22(29)24-20(27)15-32-21(28)17-10-12-18(13-11-17)33(30,31)26-14-6-8-16-7-4-5-9-19(16)26/h4-5,7,9-13H,6,8,14-15H2,1-3H3,(H2,24,25,27,29). The van der Waals surface area contributed by atoms with Gasteiger partial charge in [0.1, 0.15) is 0 Å². The van der Waals surface area contributed by atoms with Crippen LogP contribution in [0.5, 0.6) is 0 Å². The lowest BCUT2D eigenvalue weighted by Gasteiger charge is -2.30. The highest BCUT2D eigenvalue weighted by Crippen LogP contribution is 2.31. The molecule has 0 unspecified atom stereocenters. The van der Waals surface area contributed by atoms with Gasteiger partial charge in [0.05, 0.1) is 16.1 Å². The SMILES string of the molecule is CC(C)(C)NC(=O)NC(=O)COC(=O)c1ccc(S(=O)(=O)N2CCCc3ccccc32)cc1. The van der Waals surface area contributed by atoms with E-state index in [4.69, 9.17) is 4.74 Å². The molecule has 176 valence electrons. The van der Waals surface area contributed by atoms with Gasteiger partial charge in [-0.1, -0.05) is 18.2 Å². The Balaban J connectivity index is 1.63. The molecule has 10 heteroatoms. The van der Waals surface area contributed by atoms with E-state index in [1.807, 2.05) is 12.1 Å². The normalized spacial score (nSPS) is 13.6. The highest BCUT2D eigenvalue weighted by Gasteiger charge is 2.29. The molecule has 3 rings (SSSR count). The van der Waals surface area contributed by atoms with Gasteiger partial charge in [-0.15, -0.1) is 0 Å². The van der Waals surface area contributed by atoms with Gasteiger partial charge < -0.3 is 10.1 Å². The molecule has 0 fully saturated rings. The van der Waals surface area contributed by atoms with Gasteiger partial charge in [0.2, 0.25) is 0 Å². The quantitative estimate of drug-likeness (QED) is 0.644. The Bertz CT molecular complexity index is 1150. The van der Waals surface area contributed by atoms with E-state index in [0.29, 0.717) is 12.2 Å². The number of hydrogen-bond acceptors (Lipinski definition) is 6. The molecular weight excluding hydrogens is 446 g/mol. The zero-order chi connectivity index (χ0) is 24.2. The molecule has 0 spiro atoms. The Kier molecular flexibility index (Phi) is 7.06. The molecule has 33 heavy (non-hydrogen) atoms. The van der Waals surface area contributed by atoms with Crippen LogP contribution in [0.4, 0.5) is 10.5 Å². The number of anilines is 1. The molecule has 1 aliphatic heterocycles. The van der Waals surface area contributed by atoms with Crippen LogP contribution in [-0.2, 0) is 26.0 Å². The van der Waals surface area contributed by atoms with Crippen molar-refractivity contribution in [3.8, 4) is 0 Å². The van der Waals surface area contributed by atoms with Gasteiger partial charge in [-0.2, -0.15) is 0 Å². The number of urea groups is 1. The summed E-state index contributed by atoms with van der Waals surface area (Å²) in [6, 6.07) is 12.0. The monoisotopic (exact) mass is 473 g/mol. The summed E-state index contributed by atoms with van der Waals surface area (Å²) >= 11 is 0. The number of nitrogens with one attached hydrogen (secondary N) is 2. The van der Waals surface area contributed by atoms with Gasteiger partial charge in [-0.25, -0.2) is 18.0 Å². The molecule has 0 aromatic heterocycles. The third-order valence-electron chi connectivity index (χ3n) is 4.82. The van der Waals surface area contributed by atoms with Crippen molar-refractivity contribution in [2.75, 3.05) is 17.5 Å². The number of carbonyl (C=O) groups is 3. The van der Waals surface area contributed by atoms with Crippen molar-refractivity contribution in [3.05, 3.63) is 59.7 Å². The van der Waals surface area contributed by atoms with E-state index in [2.05, 4.69) is 10.6 Å². The molecule has 9 nitrogen and oxygen atoms in total. The number of ether oxygens (including phenoxy) is 1. The van der Waals surface area contributed by atoms with Crippen molar-refractivity contribution in [2.24, 2.45) is 0 Å². The van der Waals surface area contributed by atoms with Crippen LogP contribution in [0.2, 0.25) is 0 Å². The van der Waals surface area contributed by atoms with Gasteiger partial charge in [-0.05, 0) is 69.5 Å². The topological polar surface area (TPSA) is 122 Å². The number of esters is 1. The molecule has 0 radical (unpaired) electrons. The van der Waals surface area contributed by atoms with Crippen LogP contribution >= 0.6 is 0 Å². The number of imide groups is 1. The molecule has 3 amide bonds. The summed E-state index contributed by atoms with van der Waals surface area (Å²) < 4.78 is 32.6. The number of hydrogen-bond donors (Lipinski definition) is 2. The van der Waals surface area contributed by atoms with Gasteiger partial charge in [0, 0.05) is 12.1 Å². The minimum absolute atomic E-state index is 0.0485. The molecule has 1 aliphatic rings. The molecule has 0 bridgehead atoms. The maximum atomic E-state index is 13.2. The molecule has 0 saturated carbocycles. The van der Waals surface area contributed by atoms with Gasteiger partial charge in [0.25, 0.3) is 15.9 Å². The minimum Gasteiger partial charge on any atom is -0.452 e. The van der Waals surface area contributed by atoms with Crippen molar-refractivity contribution < 1.29 is 27.5 Å². The Morgan fingerprint density at radius 1 is 1.03 bits per heavy atom. The summed E-state index contributed by atoms with van der Waals surface area (Å²) in [4.78, 5) is 35.8. The fourth-order valence-electron chi connectivity index (χ4n) is 3.39. The van der Waals surface area contributed by atoms with Crippen LogP contribution in [0.15, 0.2) is 53.4 Å². The van der Waals surface area contributed by atoms with Crippen molar-refractivity contribution in [2.45, 2.75) is 44.0 Å². The third kappa shape index (κ3) is 6.10. The van der Waals surface area contributed by atoms with E-state index < -0.39 is 40.1 Å². The Hall–Kier alpha value is -3.40. The summed E-state index contributed by atoms with van der Waals surface area (Å²) in [6.07, 6.45) is 1.54. The minimum atomic E-state index is -3.80. The molecule has 0 atom stereocenters. The van der Waals surface area contributed by atoms with Crippen LogP contribution in [-0.4, -0.2) is 45.0 Å². The summed E-state index contributed by atoms with van der Waals surface area (Å²) in [7, 11) is -3.80. The van der Waals surface area contributed by atoms with E-state index in [-0.39, 0.29) is 10.5 Å². The molecular formula is C23H27N3O6S. The summed E-state index contributed by atoms with van der Waals surface area (Å²) in [5.41, 5.74) is 1.19. The highest BCUT2D eigenvalue weighted by atomic mass is 32.2. The van der Waals surface area contributed by atoms with Gasteiger partial charge in [0.15, 0.2) is 6.61 Å². The largest absolute Gasteiger partial charge is 0.452 e. The lowest BCUT2D eigenvalue weighted by atomic mass is 10.0. The fourth-order valence-corrected chi connectivity index (χ4v) is 4.93. The number of sulfonamides is 1. The maximum absolute atomic E-state index is 13.2. The maximum Gasteiger partial charge on any atom is 0.338 e. The van der Waals surface area contributed by atoms with E-state index in [1.165, 1.54) is 28.6 Å². The summed E-state index contributed by atoms with van der Waals surface area (Å²) in [5, 5.41) is 4.62. The van der Waals surface area contributed by atoms with E-state index in [9.17, 15) is 22.8 Å². The zero-order valence-electron chi connectivity index (χ0n) is 18.8. The number of para-hydroxylation sites is 1. The number of rotatable bonds is 5. The number of aryl methyl sites for hydroxylation is 1. The van der Waals surface area contributed by atoms with Crippen LogP contribution in [0.25, 0.3) is 0 Å². The number of nitrogens with zero attached hydrogens (tertiary/aromatic N) is 1. The third-order valence-corrected chi connectivity index (χ3v) is 6.65. The zero-order valence-corrected chi connectivity index (χ0v) is 19.6. The van der Waals surface area contributed by atoms with E-state index in [0.717, 1.165) is 18.4 Å². The van der Waals surface area contributed by atoms with Crippen molar-refractivity contribution in [1.82, 2.24) is 10.6 Å². The first-order chi connectivity index (χ1) is 15.5. The molecule has 2 aromatic carbocycles. The molecule has 0 aliphatic carbocycles. The molecule has 0 saturated heterocycles. The predicted octanol–water partition coefficient (Wildman–Crippen LogP) is 2.61. The van der Waals surface area contributed by atoms with Crippen LogP contribution in [0.3, 0.4) is 0 Å². The summed E-state index contributed by atoms with van der Waals surface area (Å²) in [6.45, 7) is 4.99. The van der Waals surface area contributed by atoms with Gasteiger partial charge >= 0.3 is 12.0 Å². The van der Waals surface area contributed by atoms with Crippen molar-refractivity contribution >= 4 is 33.6 Å². The molecule has 2 N–H and O–H groups in total. The number of carbonyl (C=O) groups excluding carboxylic acids is 3. The van der Waals surface area contributed by atoms with E-state index in [1.54, 1.807) is 32.9 Å². The average molecular weight is 474 g/mol. The smallest absolute Gasteiger partial charge is 0.338 e. The van der Waals surface area contributed by atoms with Gasteiger partial charge in [-0.3, -0.25) is 14.4 Å². The summed E-state index contributed by atoms with van der Waals surface area (Å²) in [5.74, 6) is -1.60. The second-order valence-electron chi connectivity index (χ2n) is 8.66. The number of fused-ring (bicyclic) bond motifs is 1. The predicted molar refractivity (Wildman–Crippen MR) is 122 cm³/mol. The first-order valence-corrected chi connectivity index (χ1v) is 11.9. The lowest BCUT2D eigenvalue weighted by Crippen LogP contribution is -2.49. The number of benzene rings is 2. The Morgan fingerprint density at radius 2 is 1.70 bits per heavy atom. The highest BCUT2D eigenvalue weighted by molar-refractivity contribution is 7.92. The first-order valence-electron chi connectivity index (χ1n) is 10.5. The van der Waals surface area contributed by atoms with Crippen molar-refractivity contribution in [1.29, 1.82) is 0 Å². The fraction of sp³-hybridized carbons (Fsp3) is 0.348. The number of amides is 3. The second-order valence-corrected chi connectivity index (χ2v) is 10.5. The lowest BCUT2D eigenvalue weighted by molar-refractivity contribution is -0.123. The Morgan fingerprint density at radius 3 is 2.36 bits per heavy atom. The van der Waals surface area contributed by atoms with Crippen molar-refractivity contribution in [3.63, 3.8) is 0 Å². The molecule has 1 heterocycles. The van der Waals surface area contributed by atoms with Crippen LogP contribution in [0.1, 0.15) is 43.1 Å². The van der Waals surface area contributed by atoms with Crippen LogP contribution < -0.4 is 14.9 Å².